The molecule has 0 aliphatic rings. The van der Waals surface area contributed by atoms with Crippen LogP contribution in [0.3, 0.4) is 0 Å². The third-order valence-electron chi connectivity index (χ3n) is 3.16. The molecule has 0 aliphatic carbocycles. The van der Waals surface area contributed by atoms with Crippen LogP contribution in [-0.2, 0) is 6.42 Å². The summed E-state index contributed by atoms with van der Waals surface area (Å²) in [5.74, 6) is 0.719. The summed E-state index contributed by atoms with van der Waals surface area (Å²) in [6.07, 6.45) is 6.23. The summed E-state index contributed by atoms with van der Waals surface area (Å²) >= 11 is 6.28. The highest BCUT2D eigenvalue weighted by Gasteiger charge is 2.08. The van der Waals surface area contributed by atoms with E-state index in [1.54, 1.807) is 6.08 Å². The number of aromatic nitrogens is 2. The average Bonchev–Trinajstić information content (AvgIpc) is 2.47. The third-order valence-corrected chi connectivity index (χ3v) is 3.45. The van der Waals surface area contributed by atoms with Gasteiger partial charge in [-0.15, -0.1) is 0 Å². The molecule has 0 fully saturated rings. The number of hydrogen-bond donors (Lipinski definition) is 0. The maximum absolute atomic E-state index is 6.28. The summed E-state index contributed by atoms with van der Waals surface area (Å²) in [7, 11) is 0. The second kappa shape index (κ2) is 5.43. The quantitative estimate of drug-likeness (QED) is 0.394. The lowest BCUT2D eigenvalue weighted by atomic mass is 10.1. The van der Waals surface area contributed by atoms with Crippen molar-refractivity contribution in [2.45, 2.75) is 6.42 Å². The first kappa shape index (κ1) is 12.8. The van der Waals surface area contributed by atoms with E-state index < -0.39 is 0 Å². The smallest absolute Gasteiger partial charge is 0.140 e. The Balaban J connectivity index is 2.24. The molecule has 0 amide bonds. The van der Waals surface area contributed by atoms with Gasteiger partial charge in [-0.1, -0.05) is 66.7 Å². The SMILES string of the molecule is C=C/C=C\Cc1nc(Cl)c2ccc3ccccc3c2n1. The Hall–Kier alpha value is -2.19. The molecule has 2 aromatic carbocycles. The first-order valence-electron chi connectivity index (χ1n) is 6.41. The second-order valence-corrected chi connectivity index (χ2v) is 4.84. The summed E-state index contributed by atoms with van der Waals surface area (Å²) in [6, 6.07) is 12.2. The van der Waals surface area contributed by atoms with Crippen LogP contribution in [0.4, 0.5) is 0 Å². The molecule has 0 radical (unpaired) electrons. The molecular formula is C17H13ClN2. The third kappa shape index (κ3) is 2.30. The van der Waals surface area contributed by atoms with Crippen LogP contribution < -0.4 is 0 Å². The zero-order valence-corrected chi connectivity index (χ0v) is 11.6. The molecule has 3 heteroatoms. The molecule has 0 aliphatic heterocycles. The summed E-state index contributed by atoms with van der Waals surface area (Å²) in [5, 5.41) is 3.65. The topological polar surface area (TPSA) is 25.8 Å². The van der Waals surface area contributed by atoms with Crippen molar-refractivity contribution >= 4 is 33.3 Å². The number of fused-ring (bicyclic) bond motifs is 3. The van der Waals surface area contributed by atoms with Gasteiger partial charge in [0.05, 0.1) is 5.52 Å². The van der Waals surface area contributed by atoms with Gasteiger partial charge in [0.1, 0.15) is 11.0 Å². The number of hydrogen-bond acceptors (Lipinski definition) is 2. The lowest BCUT2D eigenvalue weighted by Crippen LogP contribution is -1.95. The number of rotatable bonds is 3. The van der Waals surface area contributed by atoms with Crippen LogP contribution in [-0.4, -0.2) is 9.97 Å². The Bertz CT molecular complexity index is 822. The Morgan fingerprint density at radius 2 is 1.90 bits per heavy atom. The summed E-state index contributed by atoms with van der Waals surface area (Å²) < 4.78 is 0. The van der Waals surface area contributed by atoms with E-state index in [0.717, 1.165) is 27.5 Å². The normalized spacial score (nSPS) is 11.4. The van der Waals surface area contributed by atoms with E-state index >= 15 is 0 Å². The predicted molar refractivity (Wildman–Crippen MR) is 85.1 cm³/mol. The van der Waals surface area contributed by atoms with Crippen molar-refractivity contribution in [1.82, 2.24) is 9.97 Å². The first-order valence-corrected chi connectivity index (χ1v) is 6.79. The fourth-order valence-electron chi connectivity index (χ4n) is 2.23. The van der Waals surface area contributed by atoms with Crippen LogP contribution in [0, 0.1) is 0 Å². The first-order chi connectivity index (χ1) is 9.79. The van der Waals surface area contributed by atoms with Crippen LogP contribution in [0.15, 0.2) is 61.2 Å². The van der Waals surface area contributed by atoms with Crippen LogP contribution >= 0.6 is 11.6 Å². The van der Waals surface area contributed by atoms with E-state index in [4.69, 9.17) is 11.6 Å². The van der Waals surface area contributed by atoms with Gasteiger partial charge in [0.15, 0.2) is 0 Å². The Morgan fingerprint density at radius 3 is 2.75 bits per heavy atom. The highest BCUT2D eigenvalue weighted by Crippen LogP contribution is 2.27. The van der Waals surface area contributed by atoms with Crippen molar-refractivity contribution in [3.05, 3.63) is 72.2 Å². The van der Waals surface area contributed by atoms with E-state index in [-0.39, 0.29) is 0 Å². The molecule has 0 N–H and O–H groups in total. The molecule has 0 atom stereocenters. The van der Waals surface area contributed by atoms with E-state index in [2.05, 4.69) is 28.7 Å². The molecule has 1 aromatic heterocycles. The van der Waals surface area contributed by atoms with Crippen molar-refractivity contribution in [3.63, 3.8) is 0 Å². The lowest BCUT2D eigenvalue weighted by molar-refractivity contribution is 1.02. The average molecular weight is 281 g/mol. The zero-order chi connectivity index (χ0) is 13.9. The van der Waals surface area contributed by atoms with Gasteiger partial charge in [0.25, 0.3) is 0 Å². The highest BCUT2D eigenvalue weighted by molar-refractivity contribution is 6.34. The van der Waals surface area contributed by atoms with Crippen molar-refractivity contribution in [3.8, 4) is 0 Å². The van der Waals surface area contributed by atoms with Crippen LogP contribution in [0.25, 0.3) is 21.7 Å². The molecule has 20 heavy (non-hydrogen) atoms. The standard InChI is InChI=1S/C17H13ClN2/c1-2-3-4-9-15-19-16-13-8-6-5-7-12(13)10-11-14(16)17(18)20-15/h2-8,10-11H,1,9H2/b4-3-. The number of nitrogens with zero attached hydrogens (tertiary/aromatic N) is 2. The van der Waals surface area contributed by atoms with Crippen LogP contribution in [0.5, 0.6) is 0 Å². The molecule has 0 saturated carbocycles. The molecule has 2 nitrogen and oxygen atoms in total. The lowest BCUT2D eigenvalue weighted by Gasteiger charge is -2.06. The zero-order valence-electron chi connectivity index (χ0n) is 10.9. The number of benzene rings is 2. The van der Waals surface area contributed by atoms with E-state index in [1.807, 2.05) is 36.4 Å². The molecule has 0 bridgehead atoms. The monoisotopic (exact) mass is 280 g/mol. The summed E-state index contributed by atoms with van der Waals surface area (Å²) in [5.41, 5.74) is 0.908. The second-order valence-electron chi connectivity index (χ2n) is 4.48. The van der Waals surface area contributed by atoms with Crippen molar-refractivity contribution < 1.29 is 0 Å². The fraction of sp³-hybridized carbons (Fsp3) is 0.0588. The van der Waals surface area contributed by atoms with Gasteiger partial charge >= 0.3 is 0 Å². The number of halogens is 1. The minimum Gasteiger partial charge on any atom is -0.232 e. The van der Waals surface area contributed by atoms with Gasteiger partial charge in [-0.05, 0) is 11.5 Å². The molecule has 3 aromatic rings. The summed E-state index contributed by atoms with van der Waals surface area (Å²) in [6.45, 7) is 3.65. The highest BCUT2D eigenvalue weighted by atomic mass is 35.5. The molecule has 98 valence electrons. The molecule has 1 heterocycles. The Labute approximate surface area is 122 Å². The Kier molecular flexibility index (Phi) is 3.48. The van der Waals surface area contributed by atoms with Gasteiger partial charge < -0.3 is 0 Å². The molecule has 0 saturated heterocycles. The van der Waals surface area contributed by atoms with Gasteiger partial charge in [-0.2, -0.15) is 0 Å². The largest absolute Gasteiger partial charge is 0.232 e. The molecular weight excluding hydrogens is 268 g/mol. The minimum atomic E-state index is 0.503. The van der Waals surface area contributed by atoms with Gasteiger partial charge in [0.2, 0.25) is 0 Å². The molecule has 3 rings (SSSR count). The number of allylic oxidation sites excluding steroid dienone is 3. The van der Waals surface area contributed by atoms with Crippen LogP contribution in [0.1, 0.15) is 5.82 Å². The maximum atomic E-state index is 6.28. The predicted octanol–water partition coefficient (Wildman–Crippen LogP) is 4.72. The molecule has 0 spiro atoms. The van der Waals surface area contributed by atoms with Crippen molar-refractivity contribution in [1.29, 1.82) is 0 Å². The van der Waals surface area contributed by atoms with Gasteiger partial charge in [-0.3, -0.25) is 0 Å². The van der Waals surface area contributed by atoms with Crippen molar-refractivity contribution in [2.24, 2.45) is 0 Å². The van der Waals surface area contributed by atoms with Crippen molar-refractivity contribution in [2.75, 3.05) is 0 Å². The molecule has 0 unspecified atom stereocenters. The van der Waals surface area contributed by atoms with Gasteiger partial charge in [-0.25, -0.2) is 9.97 Å². The minimum absolute atomic E-state index is 0.503. The van der Waals surface area contributed by atoms with Gasteiger partial charge in [0, 0.05) is 17.2 Å². The van der Waals surface area contributed by atoms with E-state index in [0.29, 0.717) is 11.6 Å². The van der Waals surface area contributed by atoms with E-state index in [1.165, 1.54) is 0 Å². The Morgan fingerprint density at radius 1 is 1.05 bits per heavy atom. The van der Waals surface area contributed by atoms with E-state index in [9.17, 15) is 0 Å². The fourth-order valence-corrected chi connectivity index (χ4v) is 2.48. The van der Waals surface area contributed by atoms with Crippen LogP contribution in [0.2, 0.25) is 5.15 Å². The maximum Gasteiger partial charge on any atom is 0.140 e. The summed E-state index contributed by atoms with van der Waals surface area (Å²) in [4.78, 5) is 9.00.